The van der Waals surface area contributed by atoms with E-state index >= 15 is 0 Å². The number of aromatic nitrogens is 1. The van der Waals surface area contributed by atoms with Gasteiger partial charge in [0.1, 0.15) is 0 Å². The van der Waals surface area contributed by atoms with Crippen LogP contribution in [0.5, 0.6) is 0 Å². The monoisotopic (exact) mass is 254 g/mol. The summed E-state index contributed by atoms with van der Waals surface area (Å²) in [7, 11) is 0. The Balaban J connectivity index is 2.20. The second kappa shape index (κ2) is 4.81. The van der Waals surface area contributed by atoms with Crippen LogP contribution in [0.4, 0.5) is 5.82 Å². The summed E-state index contributed by atoms with van der Waals surface area (Å²) in [5.41, 5.74) is 2.29. The van der Waals surface area contributed by atoms with Gasteiger partial charge < -0.3 is 0 Å². The van der Waals surface area contributed by atoms with Gasteiger partial charge in [-0.2, -0.15) is 0 Å². The van der Waals surface area contributed by atoms with Gasteiger partial charge in [-0.1, -0.05) is 0 Å². The molecule has 0 aliphatic carbocycles. The number of ether oxygens (including phenoxy) is 1. The number of anilines is 1. The number of rotatable bonds is 2. The van der Waals surface area contributed by atoms with Gasteiger partial charge in [-0.3, -0.25) is 0 Å². The van der Waals surface area contributed by atoms with Crippen molar-refractivity contribution in [1.29, 1.82) is 0 Å². The third kappa shape index (κ3) is 2.10. The van der Waals surface area contributed by atoms with Crippen molar-refractivity contribution in [1.82, 2.24) is 4.98 Å². The Morgan fingerprint density at radius 3 is 2.93 bits per heavy atom. The number of nitrogens with zero attached hydrogens (tertiary/aromatic N) is 2. The van der Waals surface area contributed by atoms with Gasteiger partial charge in [-0.05, 0) is 0 Å². The summed E-state index contributed by atoms with van der Waals surface area (Å²) in [6.45, 7) is 3.63. The Morgan fingerprint density at radius 2 is 2.21 bits per heavy atom. The maximum absolute atomic E-state index is 5.34. The molecule has 0 aromatic carbocycles. The molecule has 3 nitrogen and oxygen atoms in total. The van der Waals surface area contributed by atoms with Crippen LogP contribution in [-0.4, -0.2) is 47.0 Å². The average Bonchev–Trinajstić information content (AvgIpc) is 2.30. The molecule has 0 radical (unpaired) electrons. The quantitative estimate of drug-likeness (QED) is 0.696. The first-order chi connectivity index (χ1) is 6.92. The van der Waals surface area contributed by atoms with Crippen molar-refractivity contribution in [3.05, 3.63) is 18.3 Å². The van der Waals surface area contributed by atoms with E-state index in [4.69, 9.17) is 4.74 Å². The van der Waals surface area contributed by atoms with Crippen LogP contribution in [-0.2, 0) is 4.74 Å². The second-order valence-electron chi connectivity index (χ2n) is 3.22. The molecule has 2 heterocycles. The molecule has 1 aliphatic rings. The Bertz CT molecular complexity index is 300. The number of hydrogen-bond acceptors (Lipinski definition) is 3. The molecule has 0 N–H and O–H groups in total. The zero-order valence-electron chi connectivity index (χ0n) is 8.36. The predicted octanol–water partition coefficient (Wildman–Crippen LogP) is 0.0281. The van der Waals surface area contributed by atoms with Crippen LogP contribution < -0.4 is 9.25 Å². The molecular formula is C10H15AsN2O. The molecule has 1 aromatic rings. The molecule has 0 bridgehead atoms. The van der Waals surface area contributed by atoms with Crippen LogP contribution >= 0.6 is 0 Å². The van der Waals surface area contributed by atoms with Crippen molar-refractivity contribution in [2.75, 3.05) is 31.2 Å². The SMILES string of the molecule is C[AsH]c1cccnc1N1CCOCC1. The van der Waals surface area contributed by atoms with E-state index < -0.39 is 0 Å². The Morgan fingerprint density at radius 1 is 1.43 bits per heavy atom. The number of pyridine rings is 1. The van der Waals surface area contributed by atoms with Crippen LogP contribution in [0, 0.1) is 0 Å². The van der Waals surface area contributed by atoms with Crippen LogP contribution in [0.15, 0.2) is 18.3 Å². The summed E-state index contributed by atoms with van der Waals surface area (Å²) in [6, 6.07) is 4.24. The van der Waals surface area contributed by atoms with E-state index in [0.29, 0.717) is 0 Å². The van der Waals surface area contributed by atoms with E-state index in [0.717, 1.165) is 26.3 Å². The molecule has 76 valence electrons. The molecule has 0 saturated carbocycles. The normalized spacial score (nSPS) is 17.9. The maximum atomic E-state index is 5.34. The Kier molecular flexibility index (Phi) is 3.44. The van der Waals surface area contributed by atoms with E-state index in [9.17, 15) is 0 Å². The molecule has 1 saturated heterocycles. The van der Waals surface area contributed by atoms with Crippen LogP contribution in [0.3, 0.4) is 0 Å². The third-order valence-corrected chi connectivity index (χ3v) is 4.32. The Labute approximate surface area is 91.2 Å². The minimum absolute atomic E-state index is 0.0107. The first-order valence-electron chi connectivity index (χ1n) is 4.87. The fourth-order valence-corrected chi connectivity index (χ4v) is 3.11. The van der Waals surface area contributed by atoms with Crippen molar-refractivity contribution in [2.24, 2.45) is 0 Å². The molecule has 0 amide bonds. The van der Waals surface area contributed by atoms with E-state index in [-0.39, 0.29) is 15.8 Å². The van der Waals surface area contributed by atoms with Crippen molar-refractivity contribution >= 4 is 25.9 Å². The van der Waals surface area contributed by atoms with Gasteiger partial charge in [0.05, 0.1) is 0 Å². The van der Waals surface area contributed by atoms with Crippen molar-refractivity contribution in [3.8, 4) is 0 Å². The van der Waals surface area contributed by atoms with Crippen LogP contribution in [0.1, 0.15) is 0 Å². The summed E-state index contributed by atoms with van der Waals surface area (Å²) in [5.74, 6) is 1.19. The molecule has 1 unspecified atom stereocenters. The fraction of sp³-hybridized carbons (Fsp3) is 0.500. The van der Waals surface area contributed by atoms with Gasteiger partial charge in [-0.25, -0.2) is 0 Å². The Hall–Kier alpha value is -0.532. The molecule has 4 heteroatoms. The summed E-state index contributed by atoms with van der Waals surface area (Å²) in [6.07, 6.45) is 1.89. The molecule has 1 atom stereocenters. The first kappa shape index (κ1) is 10.0. The molecule has 2 rings (SSSR count). The summed E-state index contributed by atoms with van der Waals surface area (Å²) < 4.78 is 6.79. The van der Waals surface area contributed by atoms with Crippen LogP contribution in [0.25, 0.3) is 0 Å². The summed E-state index contributed by atoms with van der Waals surface area (Å²) in [5, 5.41) is 0. The van der Waals surface area contributed by atoms with E-state index in [1.165, 1.54) is 10.2 Å². The minimum atomic E-state index is -0.0107. The molecule has 1 fully saturated rings. The van der Waals surface area contributed by atoms with Crippen molar-refractivity contribution in [2.45, 2.75) is 5.71 Å². The molecule has 1 aromatic heterocycles. The predicted molar refractivity (Wildman–Crippen MR) is 59.9 cm³/mol. The van der Waals surface area contributed by atoms with E-state index in [2.05, 4.69) is 21.7 Å². The van der Waals surface area contributed by atoms with Gasteiger partial charge in [0.15, 0.2) is 0 Å². The third-order valence-electron chi connectivity index (χ3n) is 2.37. The van der Waals surface area contributed by atoms with Gasteiger partial charge >= 0.3 is 90.9 Å². The zero-order valence-corrected chi connectivity index (χ0v) is 10.5. The summed E-state index contributed by atoms with van der Waals surface area (Å²) in [4.78, 5) is 6.81. The van der Waals surface area contributed by atoms with Gasteiger partial charge in [-0.15, -0.1) is 0 Å². The van der Waals surface area contributed by atoms with Gasteiger partial charge in [0.25, 0.3) is 0 Å². The summed E-state index contributed by atoms with van der Waals surface area (Å²) >= 11 is -0.0107. The topological polar surface area (TPSA) is 25.4 Å². The second-order valence-corrected chi connectivity index (χ2v) is 5.40. The standard InChI is InChI=1S/C10H15AsN2O/c1-11-9-3-2-4-12-10(9)13-5-7-14-8-6-13/h2-4,11H,5-8H2,1H3. The zero-order chi connectivity index (χ0) is 9.80. The van der Waals surface area contributed by atoms with Crippen molar-refractivity contribution in [3.63, 3.8) is 0 Å². The van der Waals surface area contributed by atoms with E-state index in [1.807, 2.05) is 12.3 Å². The average molecular weight is 254 g/mol. The molecule has 14 heavy (non-hydrogen) atoms. The van der Waals surface area contributed by atoms with Gasteiger partial charge in [0, 0.05) is 0 Å². The first-order valence-corrected chi connectivity index (χ1v) is 8.02. The van der Waals surface area contributed by atoms with Crippen LogP contribution in [0.2, 0.25) is 5.71 Å². The van der Waals surface area contributed by atoms with Gasteiger partial charge in [0.2, 0.25) is 0 Å². The molecule has 1 aliphatic heterocycles. The number of hydrogen-bond donors (Lipinski definition) is 0. The number of morpholine rings is 1. The van der Waals surface area contributed by atoms with Crippen molar-refractivity contribution < 1.29 is 4.74 Å². The fourth-order valence-electron chi connectivity index (χ4n) is 1.62. The molecular weight excluding hydrogens is 239 g/mol. The molecule has 0 spiro atoms. The van der Waals surface area contributed by atoms with E-state index in [1.54, 1.807) is 0 Å².